The molecule has 0 radical (unpaired) electrons. The van der Waals surface area contributed by atoms with Gasteiger partial charge in [-0.25, -0.2) is 0 Å². The van der Waals surface area contributed by atoms with Crippen LogP contribution in [0.4, 0.5) is 5.69 Å². The predicted octanol–water partition coefficient (Wildman–Crippen LogP) is 2.42. The fourth-order valence-electron chi connectivity index (χ4n) is 2.36. The molecule has 1 aromatic carbocycles. The van der Waals surface area contributed by atoms with Crippen LogP contribution in [0.25, 0.3) is 0 Å². The summed E-state index contributed by atoms with van der Waals surface area (Å²) in [5, 5.41) is 5.82. The number of aryl methyl sites for hydroxylation is 1. The first-order chi connectivity index (χ1) is 9.69. The molecule has 0 aromatic heterocycles. The van der Waals surface area contributed by atoms with E-state index >= 15 is 0 Å². The first-order valence-corrected chi connectivity index (χ1v) is 7.37. The van der Waals surface area contributed by atoms with Gasteiger partial charge in [0.1, 0.15) is 0 Å². The Labute approximate surface area is 119 Å². The first kappa shape index (κ1) is 14.6. The van der Waals surface area contributed by atoms with Crippen LogP contribution >= 0.6 is 0 Å². The number of carbonyl (C=O) groups is 2. The van der Waals surface area contributed by atoms with Gasteiger partial charge >= 0.3 is 0 Å². The zero-order chi connectivity index (χ0) is 14.4. The second kappa shape index (κ2) is 7.08. The minimum atomic E-state index is 0.0911. The highest BCUT2D eigenvalue weighted by molar-refractivity contribution is 5.93. The predicted molar refractivity (Wildman–Crippen MR) is 79.6 cm³/mol. The fraction of sp³-hybridized carbons (Fsp3) is 0.500. The number of hydrogen-bond donors (Lipinski definition) is 2. The van der Waals surface area contributed by atoms with Crippen molar-refractivity contribution >= 4 is 17.5 Å². The van der Waals surface area contributed by atoms with Crippen LogP contribution in [0.1, 0.15) is 43.7 Å². The molecule has 4 heteroatoms. The van der Waals surface area contributed by atoms with Crippen molar-refractivity contribution in [3.05, 3.63) is 29.3 Å². The maximum absolute atomic E-state index is 11.5. The third-order valence-corrected chi connectivity index (χ3v) is 3.56. The van der Waals surface area contributed by atoms with Gasteiger partial charge in [0, 0.05) is 25.1 Å². The summed E-state index contributed by atoms with van der Waals surface area (Å²) in [7, 11) is 0. The number of benzene rings is 1. The Morgan fingerprint density at radius 3 is 3.00 bits per heavy atom. The molecule has 4 nitrogen and oxygen atoms in total. The summed E-state index contributed by atoms with van der Waals surface area (Å²) in [6.45, 7) is 2.76. The van der Waals surface area contributed by atoms with Gasteiger partial charge in [-0.2, -0.15) is 0 Å². The lowest BCUT2D eigenvalue weighted by Crippen LogP contribution is -2.25. The quantitative estimate of drug-likeness (QED) is 0.837. The van der Waals surface area contributed by atoms with Crippen LogP contribution in [-0.4, -0.2) is 18.4 Å². The number of hydrogen-bond acceptors (Lipinski definition) is 2. The highest BCUT2D eigenvalue weighted by atomic mass is 16.2. The van der Waals surface area contributed by atoms with Crippen LogP contribution in [0.15, 0.2) is 18.2 Å². The molecule has 1 aliphatic heterocycles. The van der Waals surface area contributed by atoms with E-state index in [2.05, 4.69) is 23.6 Å². The second-order valence-corrected chi connectivity index (χ2v) is 5.24. The van der Waals surface area contributed by atoms with E-state index in [4.69, 9.17) is 0 Å². The highest BCUT2D eigenvalue weighted by Gasteiger charge is 2.14. The molecule has 1 aliphatic rings. The van der Waals surface area contributed by atoms with Crippen molar-refractivity contribution in [2.75, 3.05) is 11.9 Å². The molecule has 20 heavy (non-hydrogen) atoms. The molecule has 0 unspecified atom stereocenters. The van der Waals surface area contributed by atoms with Gasteiger partial charge in [0.05, 0.1) is 0 Å². The van der Waals surface area contributed by atoms with E-state index in [0.29, 0.717) is 19.4 Å². The molecule has 0 saturated heterocycles. The molecule has 2 amide bonds. The Hall–Kier alpha value is -1.84. The smallest absolute Gasteiger partial charge is 0.224 e. The number of unbranched alkanes of at least 4 members (excludes halogenated alkanes) is 1. The molecule has 0 bridgehead atoms. The van der Waals surface area contributed by atoms with Crippen LogP contribution in [0.2, 0.25) is 0 Å². The standard InChI is InChI=1S/C16H22N2O2/c1-2-3-4-15(19)17-10-9-12-5-7-14-13(11-12)6-8-16(20)18-14/h5,7,11H,2-4,6,8-10H2,1H3,(H,17,19)(H,18,20). The Bertz CT molecular complexity index is 497. The van der Waals surface area contributed by atoms with Crippen LogP contribution in [0.5, 0.6) is 0 Å². The fourth-order valence-corrected chi connectivity index (χ4v) is 2.36. The molecule has 2 N–H and O–H groups in total. The molecule has 0 atom stereocenters. The van der Waals surface area contributed by atoms with Crippen molar-refractivity contribution in [1.29, 1.82) is 0 Å². The zero-order valence-corrected chi connectivity index (χ0v) is 12.0. The van der Waals surface area contributed by atoms with Crippen molar-refractivity contribution in [2.45, 2.75) is 45.4 Å². The van der Waals surface area contributed by atoms with Gasteiger partial charge in [0.2, 0.25) is 11.8 Å². The number of fused-ring (bicyclic) bond motifs is 1. The van der Waals surface area contributed by atoms with Crippen molar-refractivity contribution in [3.63, 3.8) is 0 Å². The first-order valence-electron chi connectivity index (χ1n) is 7.37. The Balaban J connectivity index is 1.82. The average Bonchev–Trinajstić information content (AvgIpc) is 2.45. The monoisotopic (exact) mass is 274 g/mol. The summed E-state index contributed by atoms with van der Waals surface area (Å²) in [5.74, 6) is 0.227. The molecule has 0 fully saturated rings. The minimum absolute atomic E-state index is 0.0911. The third-order valence-electron chi connectivity index (χ3n) is 3.56. The summed E-state index contributed by atoms with van der Waals surface area (Å²) in [5.41, 5.74) is 3.33. The molecular formula is C16H22N2O2. The second-order valence-electron chi connectivity index (χ2n) is 5.24. The SMILES string of the molecule is CCCCC(=O)NCCc1ccc2c(c1)CCC(=O)N2. The maximum Gasteiger partial charge on any atom is 0.224 e. The van der Waals surface area contributed by atoms with Crippen molar-refractivity contribution < 1.29 is 9.59 Å². The lowest BCUT2D eigenvalue weighted by atomic mass is 9.99. The highest BCUT2D eigenvalue weighted by Crippen LogP contribution is 2.23. The van der Waals surface area contributed by atoms with Gasteiger partial charge in [0.15, 0.2) is 0 Å². The van der Waals surface area contributed by atoms with Gasteiger partial charge in [0.25, 0.3) is 0 Å². The minimum Gasteiger partial charge on any atom is -0.356 e. The maximum atomic E-state index is 11.5. The molecule has 0 spiro atoms. The van der Waals surface area contributed by atoms with Crippen LogP contribution < -0.4 is 10.6 Å². The van der Waals surface area contributed by atoms with E-state index in [0.717, 1.165) is 31.4 Å². The molecule has 2 rings (SSSR count). The average molecular weight is 274 g/mol. The number of nitrogens with one attached hydrogen (secondary N) is 2. The normalized spacial score (nSPS) is 13.6. The molecule has 108 valence electrons. The Morgan fingerprint density at radius 1 is 1.35 bits per heavy atom. The largest absolute Gasteiger partial charge is 0.356 e. The molecule has 1 aromatic rings. The van der Waals surface area contributed by atoms with Gasteiger partial charge in [-0.05, 0) is 36.5 Å². The van der Waals surface area contributed by atoms with Crippen LogP contribution in [0.3, 0.4) is 0 Å². The van der Waals surface area contributed by atoms with Gasteiger partial charge in [-0.15, -0.1) is 0 Å². The van der Waals surface area contributed by atoms with E-state index in [9.17, 15) is 9.59 Å². The number of amides is 2. The number of rotatable bonds is 6. The summed E-state index contributed by atoms with van der Waals surface area (Å²) >= 11 is 0. The Morgan fingerprint density at radius 2 is 2.20 bits per heavy atom. The summed E-state index contributed by atoms with van der Waals surface area (Å²) < 4.78 is 0. The van der Waals surface area contributed by atoms with E-state index in [-0.39, 0.29) is 11.8 Å². The molecular weight excluding hydrogens is 252 g/mol. The van der Waals surface area contributed by atoms with E-state index in [1.54, 1.807) is 0 Å². The van der Waals surface area contributed by atoms with Gasteiger partial charge < -0.3 is 10.6 Å². The Kier molecular flexibility index (Phi) is 5.16. The summed E-state index contributed by atoms with van der Waals surface area (Å²) in [6.07, 6.45) is 4.81. The van der Waals surface area contributed by atoms with Crippen molar-refractivity contribution in [3.8, 4) is 0 Å². The number of carbonyl (C=O) groups excluding carboxylic acids is 2. The van der Waals surface area contributed by atoms with Gasteiger partial charge in [-0.1, -0.05) is 25.5 Å². The molecule has 0 aliphatic carbocycles. The lowest BCUT2D eigenvalue weighted by Gasteiger charge is -2.17. The number of anilines is 1. The topological polar surface area (TPSA) is 58.2 Å². The van der Waals surface area contributed by atoms with Gasteiger partial charge in [-0.3, -0.25) is 9.59 Å². The zero-order valence-electron chi connectivity index (χ0n) is 12.0. The molecule has 1 heterocycles. The van der Waals surface area contributed by atoms with Crippen LogP contribution in [0, 0.1) is 0 Å². The summed E-state index contributed by atoms with van der Waals surface area (Å²) in [4.78, 5) is 22.8. The molecule has 0 saturated carbocycles. The third kappa shape index (κ3) is 4.08. The van der Waals surface area contributed by atoms with Crippen LogP contribution in [-0.2, 0) is 22.4 Å². The summed E-state index contributed by atoms with van der Waals surface area (Å²) in [6, 6.07) is 6.11. The van der Waals surface area contributed by atoms with Crippen molar-refractivity contribution in [1.82, 2.24) is 5.32 Å². The van der Waals surface area contributed by atoms with Crippen molar-refractivity contribution in [2.24, 2.45) is 0 Å². The lowest BCUT2D eigenvalue weighted by molar-refractivity contribution is -0.121. The van der Waals surface area contributed by atoms with E-state index in [1.807, 2.05) is 12.1 Å². The van der Waals surface area contributed by atoms with E-state index < -0.39 is 0 Å². The van der Waals surface area contributed by atoms with E-state index in [1.165, 1.54) is 11.1 Å².